The van der Waals surface area contributed by atoms with E-state index in [9.17, 15) is 22.0 Å². The minimum atomic E-state index is -3.57. The molecule has 10 heteroatoms. The average molecular weight is 785 g/mol. The van der Waals surface area contributed by atoms with Gasteiger partial charge < -0.3 is 14.2 Å². The van der Waals surface area contributed by atoms with Gasteiger partial charge in [0.05, 0.1) is 31.3 Å². The Hall–Kier alpha value is -0.970. The first-order valence-corrected chi connectivity index (χ1v) is 23.1. The Kier molecular flexibility index (Phi) is 14.4. The van der Waals surface area contributed by atoms with E-state index < -0.39 is 35.2 Å². The molecule has 3 nitrogen and oxygen atoms in total. The third kappa shape index (κ3) is 10.5. The molecular weight excluding hydrogens is 724 g/mol. The monoisotopic (exact) mass is 784 g/mol. The molecule has 4 atom stereocenters. The van der Waals surface area contributed by atoms with Crippen molar-refractivity contribution in [3.05, 3.63) is 39.4 Å². The molecule has 4 unspecified atom stereocenters. The summed E-state index contributed by atoms with van der Waals surface area (Å²) in [4.78, 5) is 0. The van der Waals surface area contributed by atoms with E-state index in [4.69, 9.17) is 9.47 Å². The van der Waals surface area contributed by atoms with Gasteiger partial charge in [0.15, 0.2) is 17.5 Å². The second-order valence-electron chi connectivity index (χ2n) is 17.3. The van der Waals surface area contributed by atoms with Crippen LogP contribution in [-0.2, 0) is 9.47 Å². The predicted octanol–water partition coefficient (Wildman–Crippen LogP) is 13.1. The predicted molar refractivity (Wildman–Crippen MR) is 205 cm³/mol. The molecule has 3 saturated heterocycles. The van der Waals surface area contributed by atoms with E-state index in [1.165, 1.54) is 108 Å². The van der Waals surface area contributed by atoms with E-state index in [0.29, 0.717) is 37.0 Å². The molecule has 3 heterocycles. The molecule has 8 rings (SSSR count). The smallest absolute Gasteiger partial charge is 0.400 e. The summed E-state index contributed by atoms with van der Waals surface area (Å²) in [7, 11) is 0. The Morgan fingerprint density at radius 3 is 1.49 bits per heavy atom. The maximum absolute atomic E-state index is 14.6. The molecule has 0 radical (unpaired) electrons. The topological polar surface area (TPSA) is 27.7 Å². The van der Waals surface area contributed by atoms with Crippen molar-refractivity contribution >= 4 is 23.5 Å². The van der Waals surface area contributed by atoms with Gasteiger partial charge >= 0.3 is 6.11 Å². The Balaban J connectivity index is 0.000000170. The normalized spacial score (nSPS) is 33.8. The SMILES string of the molecule is C1CSC(=C2CCC(C3CCC(C4CCCC4)CO3)CC2)SC1.Fc1cc(OC(F)(F)C2CCC(C3CCC(C4CCCC4)CO3)CC2)cc(F)c1F. The zero-order valence-corrected chi connectivity index (χ0v) is 33.1. The number of ether oxygens (including phenoxy) is 3. The van der Waals surface area contributed by atoms with E-state index in [0.717, 1.165) is 49.7 Å². The molecule has 0 N–H and O–H groups in total. The van der Waals surface area contributed by atoms with Crippen molar-refractivity contribution in [2.45, 2.75) is 153 Å². The molecule has 3 aliphatic heterocycles. The molecule has 1 aromatic rings. The van der Waals surface area contributed by atoms with Gasteiger partial charge in [-0.25, -0.2) is 13.2 Å². The third-order valence-electron chi connectivity index (χ3n) is 14.0. The number of thioether (sulfide) groups is 2. The van der Waals surface area contributed by atoms with Crippen molar-refractivity contribution < 1.29 is 36.2 Å². The van der Waals surface area contributed by atoms with Gasteiger partial charge in [0, 0.05) is 16.4 Å². The number of allylic oxidation sites excluding steroid dienone is 1. The van der Waals surface area contributed by atoms with E-state index in [1.54, 1.807) is 9.81 Å². The molecule has 0 spiro atoms. The van der Waals surface area contributed by atoms with Gasteiger partial charge in [-0.3, -0.25) is 0 Å². The second-order valence-corrected chi connectivity index (χ2v) is 19.7. The van der Waals surface area contributed by atoms with Crippen molar-refractivity contribution in [3.63, 3.8) is 0 Å². The fourth-order valence-electron chi connectivity index (χ4n) is 10.8. The lowest BCUT2D eigenvalue weighted by Crippen LogP contribution is -2.40. The van der Waals surface area contributed by atoms with Crippen molar-refractivity contribution in [2.24, 2.45) is 41.4 Å². The van der Waals surface area contributed by atoms with Crippen LogP contribution in [0.2, 0.25) is 0 Å². The molecule has 4 aliphatic carbocycles. The largest absolute Gasteiger partial charge is 0.432 e. The van der Waals surface area contributed by atoms with Crippen molar-refractivity contribution in [1.82, 2.24) is 0 Å². The highest BCUT2D eigenvalue weighted by Gasteiger charge is 2.46. The van der Waals surface area contributed by atoms with Gasteiger partial charge in [-0.15, -0.1) is 23.5 Å². The number of hydrogen-bond donors (Lipinski definition) is 0. The fraction of sp³-hybridized carbons (Fsp3) is 0.814. The summed E-state index contributed by atoms with van der Waals surface area (Å²) in [6.45, 7) is 1.86. The van der Waals surface area contributed by atoms with Gasteiger partial charge in [0.25, 0.3) is 0 Å². The van der Waals surface area contributed by atoms with Gasteiger partial charge in [-0.1, -0.05) is 56.9 Å². The Morgan fingerprint density at radius 2 is 1.02 bits per heavy atom. The van der Waals surface area contributed by atoms with Crippen LogP contribution < -0.4 is 4.74 Å². The van der Waals surface area contributed by atoms with Crippen LogP contribution >= 0.6 is 23.5 Å². The molecule has 4 saturated carbocycles. The average Bonchev–Trinajstić information content (AvgIpc) is 3.94. The van der Waals surface area contributed by atoms with E-state index >= 15 is 0 Å². The summed E-state index contributed by atoms with van der Waals surface area (Å²) < 4.78 is 87.6. The third-order valence-corrected chi connectivity index (χ3v) is 16.8. The highest BCUT2D eigenvalue weighted by Crippen LogP contribution is 2.47. The van der Waals surface area contributed by atoms with Gasteiger partial charge in [0.1, 0.15) is 5.75 Å². The van der Waals surface area contributed by atoms with Crippen LogP contribution in [0.3, 0.4) is 0 Å². The number of halogens is 5. The van der Waals surface area contributed by atoms with Crippen LogP contribution in [0.1, 0.15) is 135 Å². The molecule has 7 fully saturated rings. The summed E-state index contributed by atoms with van der Waals surface area (Å²) in [6, 6.07) is 0.906. The lowest BCUT2D eigenvalue weighted by Gasteiger charge is -2.40. The van der Waals surface area contributed by atoms with Crippen LogP contribution in [0.4, 0.5) is 22.0 Å². The van der Waals surface area contributed by atoms with Crippen LogP contribution in [-0.4, -0.2) is 43.0 Å². The second kappa shape index (κ2) is 19.0. The molecule has 0 bridgehead atoms. The number of benzene rings is 1. The van der Waals surface area contributed by atoms with Gasteiger partial charge in [-0.05, 0) is 130 Å². The van der Waals surface area contributed by atoms with Crippen molar-refractivity contribution in [1.29, 1.82) is 0 Å². The van der Waals surface area contributed by atoms with Gasteiger partial charge in [0.2, 0.25) is 0 Å². The maximum Gasteiger partial charge on any atom is 0.400 e. The first-order chi connectivity index (χ1) is 25.7. The van der Waals surface area contributed by atoms with E-state index in [2.05, 4.69) is 28.3 Å². The minimum Gasteiger partial charge on any atom is -0.432 e. The number of rotatable bonds is 7. The summed E-state index contributed by atoms with van der Waals surface area (Å²) in [6.07, 6.45) is 21.9. The Labute approximate surface area is 323 Å². The lowest BCUT2D eigenvalue weighted by atomic mass is 9.75. The molecule has 0 aromatic heterocycles. The maximum atomic E-state index is 14.6. The highest BCUT2D eigenvalue weighted by molar-refractivity contribution is 8.22. The Bertz CT molecular complexity index is 1300. The lowest BCUT2D eigenvalue weighted by molar-refractivity contribution is -0.225. The fourth-order valence-corrected chi connectivity index (χ4v) is 13.6. The highest BCUT2D eigenvalue weighted by atomic mass is 32.2. The molecule has 53 heavy (non-hydrogen) atoms. The summed E-state index contributed by atoms with van der Waals surface area (Å²) >= 11 is 4.26. The summed E-state index contributed by atoms with van der Waals surface area (Å²) in [5.41, 5.74) is 1.79. The van der Waals surface area contributed by atoms with Crippen molar-refractivity contribution in [2.75, 3.05) is 24.7 Å². The summed E-state index contributed by atoms with van der Waals surface area (Å²) in [5.74, 6) is 0.611. The first kappa shape index (κ1) is 40.2. The quantitative estimate of drug-likeness (QED) is 0.203. The minimum absolute atomic E-state index is 0.137. The summed E-state index contributed by atoms with van der Waals surface area (Å²) in [5, 5.41) is 0. The molecule has 1 aromatic carbocycles. The molecular formula is C43H61F5O3S2. The van der Waals surface area contributed by atoms with Crippen LogP contribution in [0.25, 0.3) is 0 Å². The van der Waals surface area contributed by atoms with E-state index in [-0.39, 0.29) is 24.9 Å². The molecule has 0 amide bonds. The van der Waals surface area contributed by atoms with Crippen LogP contribution in [0.15, 0.2) is 21.9 Å². The molecule has 7 aliphatic rings. The van der Waals surface area contributed by atoms with Crippen molar-refractivity contribution in [3.8, 4) is 5.75 Å². The zero-order chi connectivity index (χ0) is 36.8. The zero-order valence-electron chi connectivity index (χ0n) is 31.5. The van der Waals surface area contributed by atoms with E-state index in [1.807, 2.05) is 0 Å². The molecule has 298 valence electrons. The number of hydrogen-bond acceptors (Lipinski definition) is 5. The number of alkyl halides is 2. The Morgan fingerprint density at radius 1 is 0.547 bits per heavy atom. The van der Waals surface area contributed by atoms with Crippen LogP contribution in [0, 0.1) is 58.9 Å². The van der Waals surface area contributed by atoms with Crippen LogP contribution in [0.5, 0.6) is 5.75 Å². The van der Waals surface area contributed by atoms with Gasteiger partial charge in [-0.2, -0.15) is 8.78 Å². The first-order valence-electron chi connectivity index (χ1n) is 21.2. The standard InChI is InChI=1S/C23H29F5O2.C20H32OS2/c24-19-11-18(12-20(25)22(19)26)30-23(27,28)17-8-5-15(6-9-17)21-10-7-16(13-29-21)14-3-1-2-4-14;1-2-5-15(4-1)18-10-11-19(21-14-18)16-6-8-17(9-7-16)20-22-12-3-13-23-20/h11-12,14-17,21H,1-10,13H2;15-16,18-19H,1-14H2.